The third kappa shape index (κ3) is 6.37. The number of amides is 3. The van der Waals surface area contributed by atoms with Gasteiger partial charge in [0.25, 0.3) is 0 Å². The van der Waals surface area contributed by atoms with Crippen LogP contribution in [0.3, 0.4) is 0 Å². The van der Waals surface area contributed by atoms with Gasteiger partial charge in [-0.25, -0.2) is 0 Å². The Balaban J connectivity index is 1.55. The molecule has 5 bridgehead atoms. The SMILES string of the molecule is CCCCCN1C/C=C\CCC(=O)NC[C@H](c2ccccc2)OC(=O)[C@H]2[C@@H]3O[C@@]4(C=C3Br)[C@@H]2C(=O)N(CCCCO)[C@@H]4C1=O. The molecule has 1 aromatic rings. The molecular formula is C33H42BrN3O7. The summed E-state index contributed by atoms with van der Waals surface area (Å²) < 4.78 is 13.3. The Morgan fingerprint density at radius 2 is 1.80 bits per heavy atom. The number of hydrogen-bond donors (Lipinski definition) is 2. The number of rotatable bonds is 9. The number of carbonyl (C=O) groups excluding carboxylic acids is 4. The number of benzene rings is 1. The van der Waals surface area contributed by atoms with E-state index < -0.39 is 41.7 Å². The van der Waals surface area contributed by atoms with Crippen LogP contribution in [-0.2, 0) is 28.7 Å². The molecule has 44 heavy (non-hydrogen) atoms. The average molecular weight is 673 g/mol. The van der Waals surface area contributed by atoms with Gasteiger partial charge in [0, 0.05) is 37.1 Å². The number of halogens is 1. The van der Waals surface area contributed by atoms with E-state index in [0.717, 1.165) is 19.3 Å². The van der Waals surface area contributed by atoms with Crippen molar-refractivity contribution in [2.75, 3.05) is 32.8 Å². The van der Waals surface area contributed by atoms with Crippen LogP contribution >= 0.6 is 15.9 Å². The van der Waals surface area contributed by atoms with Gasteiger partial charge >= 0.3 is 5.97 Å². The fourth-order valence-corrected chi connectivity index (χ4v) is 7.60. The second kappa shape index (κ2) is 14.4. The summed E-state index contributed by atoms with van der Waals surface area (Å²) in [6.45, 7) is 3.24. The molecule has 11 heteroatoms. The molecule has 0 saturated carbocycles. The molecule has 4 aliphatic rings. The Kier molecular flexibility index (Phi) is 10.6. The molecule has 0 aliphatic carbocycles. The average Bonchev–Trinajstić information content (AvgIpc) is 3.61. The zero-order chi connectivity index (χ0) is 31.3. The standard InChI is InChI=1S/C33H42BrN3O7/c1-2-3-9-16-36-17-10-5-8-15-25(39)35-21-24(22-13-6-4-7-14-22)43-32(42)26-27-30(40)37(18-11-12-19-38)29(31(36)41)33(27)20-23(34)28(26)44-33/h4-7,10,13-14,20,24,26-29,38H,2-3,8-9,11-12,15-19,21H2,1H3,(H,35,39)/b10-5-/t24-,26-,27+,28-,29-,33+/m1/s1. The van der Waals surface area contributed by atoms with Crippen LogP contribution in [0, 0.1) is 11.8 Å². The number of likely N-dealkylation sites (tertiary alicyclic amines) is 1. The molecule has 3 amide bonds. The van der Waals surface area contributed by atoms with Crippen molar-refractivity contribution in [2.24, 2.45) is 11.8 Å². The maximum Gasteiger partial charge on any atom is 0.313 e. The molecule has 6 atom stereocenters. The first kappa shape index (κ1) is 32.4. The lowest BCUT2D eigenvalue weighted by molar-refractivity contribution is -0.159. The summed E-state index contributed by atoms with van der Waals surface area (Å²) in [4.78, 5) is 58.9. The van der Waals surface area contributed by atoms with Crippen LogP contribution in [0.4, 0.5) is 0 Å². The number of unbranched alkanes of at least 4 members (excludes halogenated alkanes) is 3. The normalized spacial score (nSPS) is 31.5. The number of fused-ring (bicyclic) bond motifs is 2. The molecule has 0 unspecified atom stereocenters. The van der Waals surface area contributed by atoms with Gasteiger partial charge in [-0.2, -0.15) is 0 Å². The lowest BCUT2D eigenvalue weighted by Crippen LogP contribution is -2.56. The number of aliphatic hydroxyl groups is 1. The molecular weight excluding hydrogens is 630 g/mol. The predicted octanol–water partition coefficient (Wildman–Crippen LogP) is 3.40. The lowest BCUT2D eigenvalue weighted by Gasteiger charge is -2.36. The van der Waals surface area contributed by atoms with Crippen LogP contribution in [0.1, 0.15) is 63.5 Å². The van der Waals surface area contributed by atoms with E-state index in [2.05, 4.69) is 28.2 Å². The summed E-state index contributed by atoms with van der Waals surface area (Å²) in [6.07, 6.45) is 8.52. The van der Waals surface area contributed by atoms with E-state index in [9.17, 15) is 24.3 Å². The molecule has 4 heterocycles. The minimum absolute atomic E-state index is 0.0282. The van der Waals surface area contributed by atoms with Gasteiger partial charge in [-0.15, -0.1) is 0 Å². The maximum absolute atomic E-state index is 14.5. The minimum atomic E-state index is -1.34. The molecule has 0 aromatic heterocycles. The van der Waals surface area contributed by atoms with Crippen LogP contribution in [-0.4, -0.2) is 89.1 Å². The molecule has 10 nitrogen and oxygen atoms in total. The van der Waals surface area contributed by atoms with Gasteiger partial charge in [0.05, 0.1) is 12.5 Å². The zero-order valence-electron chi connectivity index (χ0n) is 25.2. The zero-order valence-corrected chi connectivity index (χ0v) is 26.7. The number of hydrogen-bond acceptors (Lipinski definition) is 7. The quantitative estimate of drug-likeness (QED) is 0.234. The Labute approximate surface area is 266 Å². The fraction of sp³-hybridized carbons (Fsp3) is 0.576. The molecule has 5 rings (SSSR count). The lowest BCUT2D eigenvalue weighted by atomic mass is 9.74. The smallest absolute Gasteiger partial charge is 0.313 e. The number of carbonyl (C=O) groups is 4. The van der Waals surface area contributed by atoms with E-state index in [1.807, 2.05) is 48.6 Å². The number of nitrogens with zero attached hydrogens (tertiary/aromatic N) is 2. The van der Waals surface area contributed by atoms with Crippen molar-refractivity contribution in [3.05, 3.63) is 58.6 Å². The fourth-order valence-electron chi connectivity index (χ4n) is 6.86. The Bertz CT molecular complexity index is 1290. The first-order chi connectivity index (χ1) is 21.3. The predicted molar refractivity (Wildman–Crippen MR) is 166 cm³/mol. The molecule has 4 aliphatic heterocycles. The van der Waals surface area contributed by atoms with Crippen LogP contribution in [0.2, 0.25) is 0 Å². The number of allylic oxidation sites excluding steroid dienone is 1. The summed E-state index contributed by atoms with van der Waals surface area (Å²) in [5.41, 5.74) is -0.621. The van der Waals surface area contributed by atoms with E-state index in [1.54, 1.807) is 9.80 Å². The maximum atomic E-state index is 14.5. The molecule has 2 saturated heterocycles. The van der Waals surface area contributed by atoms with E-state index in [0.29, 0.717) is 42.4 Å². The summed E-state index contributed by atoms with van der Waals surface area (Å²) in [5.74, 6) is -3.27. The minimum Gasteiger partial charge on any atom is -0.455 e. The van der Waals surface area contributed by atoms with Crippen molar-refractivity contribution in [1.29, 1.82) is 0 Å². The van der Waals surface area contributed by atoms with Crippen LogP contribution in [0.25, 0.3) is 0 Å². The third-order valence-corrected chi connectivity index (χ3v) is 9.71. The summed E-state index contributed by atoms with van der Waals surface area (Å²) in [5, 5.41) is 12.4. The monoisotopic (exact) mass is 671 g/mol. The Morgan fingerprint density at radius 1 is 1.02 bits per heavy atom. The number of ether oxygens (including phenoxy) is 2. The molecule has 1 spiro atoms. The van der Waals surface area contributed by atoms with Crippen molar-refractivity contribution in [2.45, 2.75) is 75.7 Å². The first-order valence-electron chi connectivity index (χ1n) is 15.8. The van der Waals surface area contributed by atoms with E-state index in [-0.39, 0.29) is 43.8 Å². The van der Waals surface area contributed by atoms with Crippen molar-refractivity contribution < 1.29 is 33.8 Å². The van der Waals surface area contributed by atoms with Crippen LogP contribution in [0.5, 0.6) is 0 Å². The highest BCUT2D eigenvalue weighted by atomic mass is 79.9. The van der Waals surface area contributed by atoms with Gasteiger partial charge in [-0.3, -0.25) is 19.2 Å². The summed E-state index contributed by atoms with van der Waals surface area (Å²) >= 11 is 3.59. The van der Waals surface area contributed by atoms with Crippen molar-refractivity contribution in [3.8, 4) is 0 Å². The van der Waals surface area contributed by atoms with Gasteiger partial charge in [0.2, 0.25) is 17.7 Å². The highest BCUT2D eigenvalue weighted by Crippen LogP contribution is 2.59. The molecule has 238 valence electrons. The van der Waals surface area contributed by atoms with Gasteiger partial charge in [0.15, 0.2) is 0 Å². The second-order valence-corrected chi connectivity index (χ2v) is 12.8. The van der Waals surface area contributed by atoms with Gasteiger partial charge < -0.3 is 29.7 Å². The van der Waals surface area contributed by atoms with Gasteiger partial charge in [0.1, 0.15) is 29.8 Å². The van der Waals surface area contributed by atoms with Crippen molar-refractivity contribution >= 4 is 39.6 Å². The van der Waals surface area contributed by atoms with E-state index in [1.165, 1.54) is 0 Å². The van der Waals surface area contributed by atoms with Crippen LogP contribution < -0.4 is 5.32 Å². The van der Waals surface area contributed by atoms with E-state index >= 15 is 0 Å². The molecule has 2 fully saturated rings. The van der Waals surface area contributed by atoms with Crippen LogP contribution in [0.15, 0.2) is 53.0 Å². The Morgan fingerprint density at radius 3 is 2.55 bits per heavy atom. The van der Waals surface area contributed by atoms with Gasteiger partial charge in [-0.1, -0.05) is 78.2 Å². The molecule has 1 aromatic carbocycles. The number of aliphatic hydroxyl groups excluding tert-OH is 1. The van der Waals surface area contributed by atoms with Gasteiger partial charge in [-0.05, 0) is 37.3 Å². The third-order valence-electron chi connectivity index (χ3n) is 9.03. The topological polar surface area (TPSA) is 125 Å². The highest BCUT2D eigenvalue weighted by Gasteiger charge is 2.74. The molecule has 0 radical (unpaired) electrons. The largest absolute Gasteiger partial charge is 0.455 e. The summed E-state index contributed by atoms with van der Waals surface area (Å²) in [6, 6.07) is 8.22. The second-order valence-electron chi connectivity index (χ2n) is 11.9. The van der Waals surface area contributed by atoms with Crippen molar-refractivity contribution in [1.82, 2.24) is 15.1 Å². The highest BCUT2D eigenvalue weighted by molar-refractivity contribution is 9.11. The molecule has 2 N–H and O–H groups in total. The van der Waals surface area contributed by atoms with E-state index in [4.69, 9.17) is 9.47 Å². The first-order valence-corrected chi connectivity index (χ1v) is 16.5. The number of cyclic esters (lactones) is 1. The number of nitrogens with one attached hydrogen (secondary N) is 1. The Hall–Kier alpha value is -3.02. The van der Waals surface area contributed by atoms with Crippen molar-refractivity contribution in [3.63, 3.8) is 0 Å². The number of esters is 1. The summed E-state index contributed by atoms with van der Waals surface area (Å²) in [7, 11) is 0.